The van der Waals surface area contributed by atoms with Gasteiger partial charge in [0, 0.05) is 35.1 Å². The molecule has 3 nitrogen and oxygen atoms in total. The van der Waals surface area contributed by atoms with Gasteiger partial charge in [-0.2, -0.15) is 5.26 Å². The van der Waals surface area contributed by atoms with Gasteiger partial charge in [0.15, 0.2) is 6.19 Å². The zero-order chi connectivity index (χ0) is 8.10. The van der Waals surface area contributed by atoms with Crippen LogP contribution in [0.2, 0.25) is 0 Å². The summed E-state index contributed by atoms with van der Waals surface area (Å²) in [6.45, 7) is 0. The minimum Gasteiger partial charge on any atom is -0.268 e. The average molecular weight is 169 g/mol. The molecule has 0 heterocycles. The molecule has 0 spiro atoms. The molecule has 1 rings (SSSR count). The van der Waals surface area contributed by atoms with Crippen molar-refractivity contribution in [3.8, 4) is 6.19 Å². The molecule has 0 aromatic heterocycles. The smallest absolute Gasteiger partial charge is 0.264 e. The van der Waals surface area contributed by atoms with Crippen LogP contribution in [0, 0.1) is 11.5 Å². The van der Waals surface area contributed by atoms with E-state index in [1.807, 2.05) is 11.4 Å². The molecule has 12 heavy (non-hydrogen) atoms. The van der Waals surface area contributed by atoms with Crippen LogP contribution in [0.3, 0.4) is 0 Å². The number of carbonyl (C=O) groups excluding carboxylic acids is 1. The zero-order valence-electron chi connectivity index (χ0n) is 6.74. The van der Waals surface area contributed by atoms with E-state index in [2.05, 4.69) is 0 Å². The first-order valence-electron chi connectivity index (χ1n) is 3.09. The van der Waals surface area contributed by atoms with Crippen LogP contribution in [-0.2, 0) is 0 Å². The minimum absolute atomic E-state index is 0. The Morgan fingerprint density at radius 2 is 1.92 bits per heavy atom. The van der Waals surface area contributed by atoms with Gasteiger partial charge in [-0.15, -0.1) is 0 Å². The molecule has 1 aromatic carbocycles. The Morgan fingerprint density at radius 1 is 1.33 bits per heavy atom. The Labute approximate surface area is 92.7 Å². The first kappa shape index (κ1) is 11.2. The molecule has 0 aliphatic carbocycles. The molecule has 0 bridgehead atoms. The Balaban J connectivity index is 0.00000121. The van der Waals surface area contributed by atoms with Crippen LogP contribution in [0.15, 0.2) is 30.3 Å². The predicted octanol–water partition coefficient (Wildman–Crippen LogP) is 0.517. The molecule has 0 unspecified atom stereocenters. The number of nitriles is 1. The fourth-order valence-electron chi connectivity index (χ4n) is 0.712. The second-order valence-electron chi connectivity index (χ2n) is 1.93. The molecule has 4 heteroatoms. The van der Waals surface area contributed by atoms with E-state index in [-0.39, 0.29) is 35.5 Å². The van der Waals surface area contributed by atoms with Gasteiger partial charge in [-0.1, -0.05) is 18.2 Å². The largest absolute Gasteiger partial charge is 0.268 e. The number of hydrogen-bond donors (Lipinski definition) is 1. The Kier molecular flexibility index (Phi) is 5.39. The van der Waals surface area contributed by atoms with E-state index in [4.69, 9.17) is 5.26 Å². The summed E-state index contributed by atoms with van der Waals surface area (Å²) in [5.41, 5.74) is 0.494. The molecule has 1 aromatic rings. The average Bonchev–Trinajstić information content (AvgIpc) is 2.07. The van der Waals surface area contributed by atoms with Crippen molar-refractivity contribution in [2.24, 2.45) is 0 Å². The minimum atomic E-state index is -0.367. The van der Waals surface area contributed by atoms with Crippen LogP contribution < -0.4 is 5.32 Å². The standard InChI is InChI=1S/C8H6N2O.Na/c9-6-10-8(11)7-4-2-1-3-5-7;/h1-5H,(H,10,11);. The first-order valence-corrected chi connectivity index (χ1v) is 3.09. The van der Waals surface area contributed by atoms with Gasteiger partial charge in [0.05, 0.1) is 0 Å². The van der Waals surface area contributed by atoms with E-state index in [9.17, 15) is 4.79 Å². The molecule has 0 fully saturated rings. The summed E-state index contributed by atoms with van der Waals surface area (Å²) in [5, 5.41) is 10.1. The quantitative estimate of drug-likeness (QED) is 0.378. The van der Waals surface area contributed by atoms with Crippen LogP contribution in [0.1, 0.15) is 10.4 Å². The summed E-state index contributed by atoms with van der Waals surface area (Å²) in [6, 6.07) is 8.58. The third-order valence-corrected chi connectivity index (χ3v) is 1.21. The maximum absolute atomic E-state index is 10.9. The van der Waals surface area contributed by atoms with Gasteiger partial charge in [-0.25, -0.2) is 0 Å². The van der Waals surface area contributed by atoms with E-state index < -0.39 is 0 Å². The molecule has 55 valence electrons. The van der Waals surface area contributed by atoms with Crippen molar-refractivity contribution >= 4 is 35.5 Å². The monoisotopic (exact) mass is 169 g/mol. The van der Waals surface area contributed by atoms with Crippen molar-refractivity contribution in [3.63, 3.8) is 0 Å². The molecule has 0 saturated heterocycles. The number of amides is 1. The summed E-state index contributed by atoms with van der Waals surface area (Å²) in [4.78, 5) is 10.9. The fraction of sp³-hybridized carbons (Fsp3) is 0. The number of nitrogens with zero attached hydrogens (tertiary/aromatic N) is 1. The van der Waals surface area contributed by atoms with Crippen molar-refractivity contribution in [2.75, 3.05) is 0 Å². The summed E-state index contributed by atoms with van der Waals surface area (Å²) >= 11 is 0. The van der Waals surface area contributed by atoms with Gasteiger partial charge in [-0.3, -0.25) is 10.1 Å². The third-order valence-electron chi connectivity index (χ3n) is 1.21. The second kappa shape index (κ2) is 5.78. The van der Waals surface area contributed by atoms with Gasteiger partial charge in [0.2, 0.25) is 0 Å². The number of rotatable bonds is 1. The maximum Gasteiger partial charge on any atom is 0.264 e. The van der Waals surface area contributed by atoms with E-state index >= 15 is 0 Å². The molecular weight excluding hydrogens is 163 g/mol. The first-order chi connectivity index (χ1) is 5.34. The Hall–Kier alpha value is -0.820. The molecule has 1 amide bonds. The van der Waals surface area contributed by atoms with Gasteiger partial charge in [-0.05, 0) is 12.1 Å². The SMILES string of the molecule is N#CNC(=O)c1ccccc1.[Na]. The van der Waals surface area contributed by atoms with Crippen molar-refractivity contribution in [2.45, 2.75) is 0 Å². The Bertz CT molecular complexity index is 292. The molecule has 0 saturated carbocycles. The molecule has 0 aliphatic rings. The second-order valence-corrected chi connectivity index (χ2v) is 1.93. The van der Waals surface area contributed by atoms with Crippen LogP contribution in [0.25, 0.3) is 0 Å². The molecule has 0 atom stereocenters. The number of hydrogen-bond acceptors (Lipinski definition) is 2. The fourth-order valence-corrected chi connectivity index (χ4v) is 0.712. The summed E-state index contributed by atoms with van der Waals surface area (Å²) in [5.74, 6) is -0.367. The predicted molar refractivity (Wildman–Crippen MR) is 45.3 cm³/mol. The summed E-state index contributed by atoms with van der Waals surface area (Å²) < 4.78 is 0. The van der Waals surface area contributed by atoms with Crippen LogP contribution in [0.4, 0.5) is 0 Å². The maximum atomic E-state index is 10.9. The van der Waals surface area contributed by atoms with E-state index in [0.717, 1.165) is 0 Å². The third kappa shape index (κ3) is 3.05. The topological polar surface area (TPSA) is 52.9 Å². The van der Waals surface area contributed by atoms with Gasteiger partial charge >= 0.3 is 0 Å². The molecule has 1 N–H and O–H groups in total. The van der Waals surface area contributed by atoms with Crippen LogP contribution >= 0.6 is 0 Å². The number of carbonyl (C=O) groups is 1. The van der Waals surface area contributed by atoms with Crippen LogP contribution in [0.5, 0.6) is 0 Å². The van der Waals surface area contributed by atoms with Crippen molar-refractivity contribution < 1.29 is 4.79 Å². The van der Waals surface area contributed by atoms with Crippen molar-refractivity contribution in [1.29, 1.82) is 5.26 Å². The molecule has 1 radical (unpaired) electrons. The normalized spacial score (nSPS) is 7.58. The van der Waals surface area contributed by atoms with E-state index in [1.165, 1.54) is 0 Å². The van der Waals surface area contributed by atoms with E-state index in [0.29, 0.717) is 5.56 Å². The van der Waals surface area contributed by atoms with Crippen molar-refractivity contribution in [1.82, 2.24) is 5.32 Å². The zero-order valence-corrected chi connectivity index (χ0v) is 8.74. The number of benzene rings is 1. The Morgan fingerprint density at radius 3 is 2.42 bits per heavy atom. The van der Waals surface area contributed by atoms with Crippen molar-refractivity contribution in [3.05, 3.63) is 35.9 Å². The van der Waals surface area contributed by atoms with Crippen LogP contribution in [-0.4, -0.2) is 35.5 Å². The molecular formula is C8H6N2NaO. The van der Waals surface area contributed by atoms with Gasteiger partial charge in [0.1, 0.15) is 0 Å². The van der Waals surface area contributed by atoms with Gasteiger partial charge in [0.25, 0.3) is 5.91 Å². The van der Waals surface area contributed by atoms with Gasteiger partial charge < -0.3 is 0 Å². The summed E-state index contributed by atoms with van der Waals surface area (Å²) in [7, 11) is 0. The molecule has 0 aliphatic heterocycles. The summed E-state index contributed by atoms with van der Waals surface area (Å²) in [6.07, 6.45) is 1.57. The number of nitrogens with one attached hydrogen (secondary N) is 1. The van der Waals surface area contributed by atoms with E-state index in [1.54, 1.807) is 30.5 Å².